The molecule has 1 aliphatic rings. The van der Waals surface area contributed by atoms with Crippen molar-refractivity contribution in [2.75, 3.05) is 0 Å². The van der Waals surface area contributed by atoms with Crippen molar-refractivity contribution in [1.29, 1.82) is 0 Å². The van der Waals surface area contributed by atoms with E-state index in [0.29, 0.717) is 5.92 Å². The molecule has 1 rings (SSSR count). The summed E-state index contributed by atoms with van der Waals surface area (Å²) in [5.41, 5.74) is 0. The predicted molar refractivity (Wildman–Crippen MR) is 61.9 cm³/mol. The first-order chi connectivity index (χ1) is 4.92. The maximum Gasteiger partial charge on any atom is 0.225 e. The summed E-state index contributed by atoms with van der Waals surface area (Å²) in [5, 5.41) is 2.96. The van der Waals surface area contributed by atoms with E-state index in [0.717, 1.165) is 6.42 Å². The van der Waals surface area contributed by atoms with E-state index in [-0.39, 0.29) is 13.4 Å². The number of rotatable bonds is 1. The third-order valence-corrected chi connectivity index (χ3v) is 3.34. The van der Waals surface area contributed by atoms with Gasteiger partial charge in [-0.2, -0.15) is 0 Å². The maximum absolute atomic E-state index is 11.3. The van der Waals surface area contributed by atoms with E-state index < -0.39 is 0 Å². The van der Waals surface area contributed by atoms with Crippen molar-refractivity contribution in [2.45, 2.75) is 21.8 Å². The molecule has 1 unspecified atom stereocenters. The Morgan fingerprint density at radius 1 is 1.64 bits per heavy atom. The molecular formula is C7H11I2NO. The van der Waals surface area contributed by atoms with Gasteiger partial charge in [0.1, 0.15) is 1.55 Å². The van der Waals surface area contributed by atoms with E-state index in [2.05, 4.69) is 64.3 Å². The summed E-state index contributed by atoms with van der Waals surface area (Å²) >= 11 is 4.57. The van der Waals surface area contributed by atoms with Crippen molar-refractivity contribution in [3.63, 3.8) is 0 Å². The van der Waals surface area contributed by atoms with Crippen LogP contribution < -0.4 is 5.32 Å². The minimum Gasteiger partial charge on any atom is -0.333 e. The molecule has 0 saturated carbocycles. The minimum atomic E-state index is -0.0401. The van der Waals surface area contributed by atoms with Gasteiger partial charge in [-0.1, -0.05) is 13.8 Å². The highest BCUT2D eigenvalue weighted by molar-refractivity contribution is 14.2. The fourth-order valence-corrected chi connectivity index (χ4v) is 2.71. The Bertz CT molecular complexity index is 179. The molecule has 11 heavy (non-hydrogen) atoms. The number of halogens is 2. The van der Waals surface area contributed by atoms with Crippen molar-refractivity contribution in [3.05, 3.63) is 0 Å². The van der Waals surface area contributed by atoms with Crippen molar-refractivity contribution in [2.24, 2.45) is 11.8 Å². The summed E-state index contributed by atoms with van der Waals surface area (Å²) in [7, 11) is 0. The summed E-state index contributed by atoms with van der Waals surface area (Å²) in [6.45, 7) is 4.19. The molecule has 0 aromatic rings. The standard InChI is InChI=1S/C7H11I2NO/c1-4(2)5-3-7(8,9)10-6(5)11/h4-5H,3H2,1-2H3,(H,10,11). The lowest BCUT2D eigenvalue weighted by Crippen LogP contribution is -2.29. The van der Waals surface area contributed by atoms with Crippen LogP contribution in [0.25, 0.3) is 0 Å². The molecule has 0 aliphatic carbocycles. The molecule has 0 bridgehead atoms. The molecule has 2 nitrogen and oxygen atoms in total. The molecule has 0 radical (unpaired) electrons. The van der Waals surface area contributed by atoms with Gasteiger partial charge < -0.3 is 5.32 Å². The number of nitrogens with one attached hydrogen (secondary N) is 1. The number of amides is 1. The fraction of sp³-hybridized carbons (Fsp3) is 0.857. The van der Waals surface area contributed by atoms with E-state index in [1.165, 1.54) is 0 Å². The van der Waals surface area contributed by atoms with E-state index in [4.69, 9.17) is 0 Å². The Hall–Kier alpha value is 0.930. The molecule has 1 saturated heterocycles. The molecule has 1 aliphatic heterocycles. The second-order valence-corrected chi connectivity index (χ2v) is 9.00. The maximum atomic E-state index is 11.3. The van der Waals surface area contributed by atoms with Gasteiger partial charge in [-0.15, -0.1) is 0 Å². The lowest BCUT2D eigenvalue weighted by Gasteiger charge is -2.12. The summed E-state index contributed by atoms with van der Waals surface area (Å²) in [6.07, 6.45) is 0.949. The van der Waals surface area contributed by atoms with Crippen molar-refractivity contribution < 1.29 is 4.79 Å². The van der Waals surface area contributed by atoms with Crippen LogP contribution in [-0.2, 0) is 4.79 Å². The molecule has 0 aromatic carbocycles. The van der Waals surface area contributed by atoms with Crippen LogP contribution in [0, 0.1) is 11.8 Å². The van der Waals surface area contributed by atoms with E-state index in [9.17, 15) is 4.79 Å². The number of carbonyl (C=O) groups excluding carboxylic acids is 1. The molecule has 4 heteroatoms. The summed E-state index contributed by atoms with van der Waals surface area (Å²) in [4.78, 5) is 11.3. The van der Waals surface area contributed by atoms with Crippen LogP contribution in [0.1, 0.15) is 20.3 Å². The summed E-state index contributed by atoms with van der Waals surface area (Å²) in [6, 6.07) is 0. The molecular weight excluding hydrogens is 368 g/mol. The smallest absolute Gasteiger partial charge is 0.225 e. The highest BCUT2D eigenvalue weighted by Crippen LogP contribution is 2.39. The number of hydrogen-bond donors (Lipinski definition) is 1. The van der Waals surface area contributed by atoms with E-state index >= 15 is 0 Å². The molecule has 0 spiro atoms. The zero-order chi connectivity index (χ0) is 8.65. The van der Waals surface area contributed by atoms with Crippen LogP contribution in [0.4, 0.5) is 0 Å². The van der Waals surface area contributed by atoms with Gasteiger partial charge in [0.15, 0.2) is 0 Å². The third kappa shape index (κ3) is 2.43. The van der Waals surface area contributed by atoms with Crippen molar-refractivity contribution in [3.8, 4) is 0 Å². The number of hydrogen-bond acceptors (Lipinski definition) is 1. The van der Waals surface area contributed by atoms with Gasteiger partial charge in [0.25, 0.3) is 0 Å². The lowest BCUT2D eigenvalue weighted by atomic mass is 9.95. The molecule has 1 fully saturated rings. The monoisotopic (exact) mass is 379 g/mol. The molecule has 1 atom stereocenters. The van der Waals surface area contributed by atoms with Crippen molar-refractivity contribution in [1.82, 2.24) is 5.32 Å². The third-order valence-electron chi connectivity index (χ3n) is 1.92. The zero-order valence-corrected chi connectivity index (χ0v) is 10.8. The lowest BCUT2D eigenvalue weighted by molar-refractivity contribution is -0.123. The molecule has 0 aromatic heterocycles. The first kappa shape index (κ1) is 10.0. The number of alkyl halides is 2. The van der Waals surface area contributed by atoms with Gasteiger partial charge in [0.2, 0.25) is 5.91 Å². The molecule has 1 N–H and O–H groups in total. The number of carbonyl (C=O) groups is 1. The quantitative estimate of drug-likeness (QED) is 0.423. The van der Waals surface area contributed by atoms with Crippen LogP contribution in [0.5, 0.6) is 0 Å². The van der Waals surface area contributed by atoms with Crippen LogP contribution in [0.2, 0.25) is 0 Å². The average molecular weight is 379 g/mol. The fourth-order valence-electron chi connectivity index (χ4n) is 1.23. The van der Waals surface area contributed by atoms with Gasteiger partial charge >= 0.3 is 0 Å². The topological polar surface area (TPSA) is 29.1 Å². The predicted octanol–water partition coefficient (Wildman–Crippen LogP) is 2.30. The largest absolute Gasteiger partial charge is 0.333 e. The van der Waals surface area contributed by atoms with Crippen LogP contribution >= 0.6 is 45.2 Å². The van der Waals surface area contributed by atoms with Gasteiger partial charge in [-0.25, -0.2) is 0 Å². The van der Waals surface area contributed by atoms with Crippen LogP contribution in [-0.4, -0.2) is 7.46 Å². The van der Waals surface area contributed by atoms with Gasteiger partial charge in [0.05, 0.1) is 0 Å². The van der Waals surface area contributed by atoms with Crippen LogP contribution in [0.3, 0.4) is 0 Å². The van der Waals surface area contributed by atoms with Gasteiger partial charge in [0, 0.05) is 12.3 Å². The van der Waals surface area contributed by atoms with Crippen LogP contribution in [0.15, 0.2) is 0 Å². The first-order valence-electron chi connectivity index (χ1n) is 3.62. The van der Waals surface area contributed by atoms with Crippen molar-refractivity contribution >= 4 is 51.1 Å². The van der Waals surface area contributed by atoms with Gasteiger partial charge in [-0.3, -0.25) is 4.79 Å². The highest BCUT2D eigenvalue weighted by atomic mass is 127. The zero-order valence-electron chi connectivity index (χ0n) is 6.53. The van der Waals surface area contributed by atoms with E-state index in [1.807, 2.05) is 0 Å². The first-order valence-corrected chi connectivity index (χ1v) is 5.78. The summed E-state index contributed by atoms with van der Waals surface area (Å²) < 4.78 is -0.0401. The highest BCUT2D eigenvalue weighted by Gasteiger charge is 2.41. The molecule has 64 valence electrons. The SMILES string of the molecule is CC(C)C1CC(I)(I)NC1=O. The average Bonchev–Trinajstić information content (AvgIpc) is 2.05. The second-order valence-electron chi connectivity index (χ2n) is 3.25. The molecule has 1 heterocycles. The van der Waals surface area contributed by atoms with E-state index in [1.54, 1.807) is 0 Å². The Balaban J connectivity index is 2.67. The minimum absolute atomic E-state index is 0.0401. The Kier molecular flexibility index (Phi) is 3.05. The second kappa shape index (κ2) is 3.35. The Morgan fingerprint density at radius 3 is 2.36 bits per heavy atom. The Labute approximate surface area is 94.2 Å². The Morgan fingerprint density at radius 2 is 2.18 bits per heavy atom. The van der Waals surface area contributed by atoms with Gasteiger partial charge in [-0.05, 0) is 51.1 Å². The normalized spacial score (nSPS) is 29.2. The molecule has 1 amide bonds. The summed E-state index contributed by atoms with van der Waals surface area (Å²) in [5.74, 6) is 0.883.